The summed E-state index contributed by atoms with van der Waals surface area (Å²) in [6.07, 6.45) is 1.36. The fraction of sp³-hybridized carbons (Fsp3) is 0.435. The second-order valence-corrected chi connectivity index (χ2v) is 10.1. The van der Waals surface area contributed by atoms with Crippen molar-refractivity contribution in [3.05, 3.63) is 59.2 Å². The monoisotopic (exact) mass is 414 g/mol. The van der Waals surface area contributed by atoms with Crippen LogP contribution < -0.4 is 5.32 Å². The second kappa shape index (κ2) is 8.67. The van der Waals surface area contributed by atoms with Crippen molar-refractivity contribution in [3.63, 3.8) is 0 Å². The largest absolute Gasteiger partial charge is 0.326 e. The molecule has 0 aromatic heterocycles. The number of carbonyl (C=O) groups excluding carboxylic acids is 1. The Morgan fingerprint density at radius 1 is 1.10 bits per heavy atom. The standard InChI is InChI=1S/C23H30N2O3S/c1-16(2)19-9-11-21(12-10-19)24-23(26)20-6-5-13-25(15-20)29(27,28)22-14-17(3)7-8-18(22)4/h7-12,14,16,20H,5-6,13,15H2,1-4H3,(H,24,26)/t20-/m0/s1. The van der Waals surface area contributed by atoms with Gasteiger partial charge in [-0.1, -0.05) is 38.1 Å². The molecule has 1 aliphatic rings. The van der Waals surface area contributed by atoms with Crippen LogP contribution in [-0.2, 0) is 14.8 Å². The first-order valence-electron chi connectivity index (χ1n) is 10.2. The van der Waals surface area contributed by atoms with Gasteiger partial charge < -0.3 is 5.32 Å². The minimum atomic E-state index is -3.62. The van der Waals surface area contributed by atoms with E-state index in [1.807, 2.05) is 43.3 Å². The van der Waals surface area contributed by atoms with Crippen molar-refractivity contribution in [2.24, 2.45) is 5.92 Å². The predicted octanol–water partition coefficient (Wildman–Crippen LogP) is 4.47. The average Bonchev–Trinajstić information content (AvgIpc) is 2.70. The van der Waals surface area contributed by atoms with E-state index < -0.39 is 10.0 Å². The SMILES string of the molecule is Cc1ccc(C)c(S(=O)(=O)N2CCC[C@H](C(=O)Nc3ccc(C(C)C)cc3)C2)c1. The van der Waals surface area contributed by atoms with E-state index in [1.165, 1.54) is 9.87 Å². The van der Waals surface area contributed by atoms with E-state index in [4.69, 9.17) is 0 Å². The van der Waals surface area contributed by atoms with Crippen molar-refractivity contribution in [1.29, 1.82) is 0 Å². The molecule has 6 heteroatoms. The third-order valence-corrected chi connectivity index (χ3v) is 7.57. The van der Waals surface area contributed by atoms with E-state index in [0.717, 1.165) is 16.8 Å². The number of benzene rings is 2. The van der Waals surface area contributed by atoms with Crippen LogP contribution in [0.4, 0.5) is 5.69 Å². The zero-order valence-corrected chi connectivity index (χ0v) is 18.4. The molecule has 0 aliphatic carbocycles. The first-order valence-corrected chi connectivity index (χ1v) is 11.6. The van der Waals surface area contributed by atoms with Crippen molar-refractivity contribution in [3.8, 4) is 0 Å². The summed E-state index contributed by atoms with van der Waals surface area (Å²) in [5.74, 6) is -0.0430. The minimum absolute atomic E-state index is 0.122. The first kappa shape index (κ1) is 21.5. The smallest absolute Gasteiger partial charge is 0.243 e. The van der Waals surface area contributed by atoms with Gasteiger partial charge in [0.15, 0.2) is 0 Å². The van der Waals surface area contributed by atoms with Crippen LogP contribution in [0, 0.1) is 19.8 Å². The van der Waals surface area contributed by atoms with Crippen LogP contribution in [0.3, 0.4) is 0 Å². The van der Waals surface area contributed by atoms with Gasteiger partial charge in [-0.05, 0) is 67.5 Å². The molecule has 0 saturated carbocycles. The maximum absolute atomic E-state index is 13.2. The zero-order valence-electron chi connectivity index (χ0n) is 17.6. The summed E-state index contributed by atoms with van der Waals surface area (Å²) in [6, 6.07) is 13.3. The Balaban J connectivity index is 1.72. The lowest BCUT2D eigenvalue weighted by atomic mass is 9.98. The fourth-order valence-electron chi connectivity index (χ4n) is 3.69. The van der Waals surface area contributed by atoms with Crippen LogP contribution in [0.1, 0.15) is 49.3 Å². The van der Waals surface area contributed by atoms with Gasteiger partial charge in [-0.3, -0.25) is 4.79 Å². The highest BCUT2D eigenvalue weighted by Crippen LogP contribution is 2.27. The summed E-state index contributed by atoms with van der Waals surface area (Å²) >= 11 is 0. The number of piperidine rings is 1. The summed E-state index contributed by atoms with van der Waals surface area (Å²) in [5, 5.41) is 2.95. The summed E-state index contributed by atoms with van der Waals surface area (Å²) in [5.41, 5.74) is 3.60. The van der Waals surface area contributed by atoms with Crippen LogP contribution in [0.15, 0.2) is 47.4 Å². The number of nitrogens with one attached hydrogen (secondary N) is 1. The molecular formula is C23H30N2O3S. The molecule has 29 heavy (non-hydrogen) atoms. The molecule has 3 rings (SSSR count). The first-order chi connectivity index (χ1) is 13.7. The molecule has 1 atom stereocenters. The molecule has 1 N–H and O–H groups in total. The third-order valence-electron chi connectivity index (χ3n) is 5.56. The predicted molar refractivity (Wildman–Crippen MR) is 117 cm³/mol. The molecule has 156 valence electrons. The molecule has 0 bridgehead atoms. The Morgan fingerprint density at radius 2 is 1.79 bits per heavy atom. The Bertz CT molecular complexity index is 982. The fourth-order valence-corrected chi connectivity index (χ4v) is 5.53. The number of carbonyl (C=O) groups is 1. The lowest BCUT2D eigenvalue weighted by Crippen LogP contribution is -2.43. The average molecular weight is 415 g/mol. The van der Waals surface area contributed by atoms with Crippen molar-refractivity contribution in [2.75, 3.05) is 18.4 Å². The van der Waals surface area contributed by atoms with Crippen molar-refractivity contribution in [2.45, 2.75) is 51.3 Å². The summed E-state index contributed by atoms with van der Waals surface area (Å²) in [6.45, 7) is 8.60. The number of nitrogens with zero attached hydrogens (tertiary/aromatic N) is 1. The summed E-state index contributed by atoms with van der Waals surface area (Å²) in [4.78, 5) is 13.1. The van der Waals surface area contributed by atoms with E-state index >= 15 is 0 Å². The van der Waals surface area contributed by atoms with E-state index in [2.05, 4.69) is 19.2 Å². The molecule has 5 nitrogen and oxygen atoms in total. The van der Waals surface area contributed by atoms with Crippen LogP contribution >= 0.6 is 0 Å². The van der Waals surface area contributed by atoms with Crippen molar-refractivity contribution >= 4 is 21.6 Å². The molecule has 1 heterocycles. The summed E-state index contributed by atoms with van der Waals surface area (Å²) in [7, 11) is -3.62. The van der Waals surface area contributed by atoms with E-state index in [-0.39, 0.29) is 18.4 Å². The van der Waals surface area contributed by atoms with Gasteiger partial charge in [-0.25, -0.2) is 8.42 Å². The van der Waals surface area contributed by atoms with Crippen LogP contribution in [0.25, 0.3) is 0 Å². The molecule has 1 aliphatic heterocycles. The van der Waals surface area contributed by atoms with E-state index in [1.54, 1.807) is 13.0 Å². The maximum Gasteiger partial charge on any atom is 0.243 e. The van der Waals surface area contributed by atoms with Gasteiger partial charge in [0, 0.05) is 18.8 Å². The van der Waals surface area contributed by atoms with Gasteiger partial charge >= 0.3 is 0 Å². The quantitative estimate of drug-likeness (QED) is 0.785. The molecule has 1 amide bonds. The van der Waals surface area contributed by atoms with Gasteiger partial charge in [0.05, 0.1) is 10.8 Å². The van der Waals surface area contributed by atoms with Gasteiger partial charge in [-0.2, -0.15) is 4.31 Å². The normalized spacial score (nSPS) is 18.0. The van der Waals surface area contributed by atoms with Gasteiger partial charge in [0.25, 0.3) is 0 Å². The number of hydrogen-bond acceptors (Lipinski definition) is 3. The molecule has 0 unspecified atom stereocenters. The van der Waals surface area contributed by atoms with Crippen LogP contribution in [-0.4, -0.2) is 31.7 Å². The highest BCUT2D eigenvalue weighted by molar-refractivity contribution is 7.89. The lowest BCUT2D eigenvalue weighted by molar-refractivity contribution is -0.120. The van der Waals surface area contributed by atoms with Crippen LogP contribution in [0.5, 0.6) is 0 Å². The number of aryl methyl sites for hydroxylation is 2. The molecular weight excluding hydrogens is 384 g/mol. The van der Waals surface area contributed by atoms with E-state index in [9.17, 15) is 13.2 Å². The molecule has 2 aromatic rings. The Kier molecular flexibility index (Phi) is 6.44. The van der Waals surface area contributed by atoms with Gasteiger partial charge in [-0.15, -0.1) is 0 Å². The third kappa shape index (κ3) is 4.87. The Morgan fingerprint density at radius 3 is 2.45 bits per heavy atom. The molecule has 1 fully saturated rings. The van der Waals surface area contributed by atoms with Crippen molar-refractivity contribution < 1.29 is 13.2 Å². The highest BCUT2D eigenvalue weighted by Gasteiger charge is 2.34. The van der Waals surface area contributed by atoms with Gasteiger partial charge in [0.1, 0.15) is 0 Å². The molecule has 0 radical (unpaired) electrons. The number of anilines is 1. The Labute approximate surface area is 174 Å². The van der Waals surface area contributed by atoms with Crippen molar-refractivity contribution in [1.82, 2.24) is 4.31 Å². The Hall–Kier alpha value is -2.18. The maximum atomic E-state index is 13.2. The van der Waals surface area contributed by atoms with E-state index in [0.29, 0.717) is 30.2 Å². The van der Waals surface area contributed by atoms with Crippen LogP contribution in [0.2, 0.25) is 0 Å². The lowest BCUT2D eigenvalue weighted by Gasteiger charge is -2.31. The number of hydrogen-bond donors (Lipinski definition) is 1. The van der Waals surface area contributed by atoms with Gasteiger partial charge in [0.2, 0.25) is 15.9 Å². The minimum Gasteiger partial charge on any atom is -0.326 e. The molecule has 2 aromatic carbocycles. The number of amides is 1. The second-order valence-electron chi connectivity index (χ2n) is 8.24. The highest BCUT2D eigenvalue weighted by atomic mass is 32.2. The molecule has 1 saturated heterocycles. The molecule has 0 spiro atoms. The summed E-state index contributed by atoms with van der Waals surface area (Å²) < 4.78 is 27.8. The number of rotatable bonds is 5. The zero-order chi connectivity index (χ0) is 21.2. The number of sulfonamides is 1. The topological polar surface area (TPSA) is 66.5 Å².